The predicted octanol–water partition coefficient (Wildman–Crippen LogP) is 0.0485. The number of sulfonamides is 1. The number of ether oxygens (including phenoxy) is 1. The van der Waals surface area contributed by atoms with Crippen molar-refractivity contribution in [1.82, 2.24) is 4.31 Å². The highest BCUT2D eigenvalue weighted by Crippen LogP contribution is 2.23. The van der Waals surface area contributed by atoms with Crippen LogP contribution in [0, 0.1) is 0 Å². The third kappa shape index (κ3) is 3.12. The molecule has 2 rings (SSSR count). The summed E-state index contributed by atoms with van der Waals surface area (Å²) in [6.07, 6.45) is 0.0247. The van der Waals surface area contributed by atoms with Gasteiger partial charge in [-0.2, -0.15) is 0 Å². The number of benzene rings is 1. The van der Waals surface area contributed by atoms with E-state index in [2.05, 4.69) is 0 Å². The quantitative estimate of drug-likeness (QED) is 0.843. The molecule has 1 unspecified atom stereocenters. The molecule has 19 heavy (non-hydrogen) atoms. The van der Waals surface area contributed by atoms with Crippen LogP contribution in [0.15, 0.2) is 30.3 Å². The van der Waals surface area contributed by atoms with E-state index in [9.17, 15) is 13.2 Å². The Balaban J connectivity index is 2.11. The van der Waals surface area contributed by atoms with Crippen molar-refractivity contribution in [2.45, 2.75) is 25.3 Å². The smallest absolute Gasteiger partial charge is 0.240 e. The summed E-state index contributed by atoms with van der Waals surface area (Å²) in [5.41, 5.74) is 6.66. The predicted molar refractivity (Wildman–Crippen MR) is 69.3 cm³/mol. The molecule has 0 aliphatic carbocycles. The van der Waals surface area contributed by atoms with Crippen LogP contribution in [0.4, 0.5) is 0 Å². The van der Waals surface area contributed by atoms with E-state index in [0.29, 0.717) is 0 Å². The maximum absolute atomic E-state index is 11.6. The molecule has 2 N–H and O–H groups in total. The topological polar surface area (TPSA) is 89.7 Å². The fourth-order valence-corrected chi connectivity index (χ4v) is 3.07. The van der Waals surface area contributed by atoms with Crippen molar-refractivity contribution < 1.29 is 17.9 Å². The molecular weight excluding hydrogens is 268 g/mol. The second kappa shape index (κ2) is 5.28. The van der Waals surface area contributed by atoms with Gasteiger partial charge in [0.05, 0.1) is 18.9 Å². The zero-order valence-electron chi connectivity index (χ0n) is 10.5. The number of nitrogens with zero attached hydrogens (tertiary/aromatic N) is 1. The van der Waals surface area contributed by atoms with Gasteiger partial charge >= 0.3 is 0 Å². The average Bonchev–Trinajstić information content (AvgIpc) is 2.62. The first-order valence-electron chi connectivity index (χ1n) is 5.83. The van der Waals surface area contributed by atoms with Crippen molar-refractivity contribution in [3.8, 4) is 0 Å². The van der Waals surface area contributed by atoms with Crippen LogP contribution in [0.5, 0.6) is 0 Å². The molecule has 1 fully saturated rings. The minimum absolute atomic E-state index is 0.0213. The van der Waals surface area contributed by atoms with Crippen molar-refractivity contribution in [3.05, 3.63) is 35.9 Å². The Kier molecular flexibility index (Phi) is 3.88. The van der Waals surface area contributed by atoms with Gasteiger partial charge in [-0.15, -0.1) is 0 Å². The maximum Gasteiger partial charge on any atom is 0.240 e. The lowest BCUT2D eigenvalue weighted by Gasteiger charge is -2.24. The summed E-state index contributed by atoms with van der Waals surface area (Å²) in [6.45, 7) is 0.207. The van der Waals surface area contributed by atoms with E-state index in [0.717, 1.165) is 16.1 Å². The molecule has 6 nitrogen and oxygen atoms in total. The van der Waals surface area contributed by atoms with Crippen LogP contribution in [-0.2, 0) is 26.2 Å². The first-order chi connectivity index (χ1) is 8.89. The van der Waals surface area contributed by atoms with E-state index in [1.54, 1.807) is 0 Å². The Morgan fingerprint density at radius 1 is 1.37 bits per heavy atom. The van der Waals surface area contributed by atoms with Gasteiger partial charge in [-0.05, 0) is 5.56 Å². The number of amides is 1. The van der Waals surface area contributed by atoms with Crippen molar-refractivity contribution in [2.24, 2.45) is 5.73 Å². The monoisotopic (exact) mass is 284 g/mol. The molecule has 0 aromatic heterocycles. The van der Waals surface area contributed by atoms with Gasteiger partial charge in [0, 0.05) is 6.42 Å². The normalized spacial score (nSPS) is 23.9. The molecule has 1 aliphatic rings. The summed E-state index contributed by atoms with van der Waals surface area (Å²) in [4.78, 5) is 11.6. The summed E-state index contributed by atoms with van der Waals surface area (Å²) in [5, 5.41) is 0. The Morgan fingerprint density at radius 2 is 2.00 bits per heavy atom. The molecule has 1 aromatic rings. The molecule has 7 heteroatoms. The van der Waals surface area contributed by atoms with Crippen molar-refractivity contribution in [3.63, 3.8) is 0 Å². The summed E-state index contributed by atoms with van der Waals surface area (Å²) < 4.78 is 29.4. The van der Waals surface area contributed by atoms with Gasteiger partial charge in [0.25, 0.3) is 0 Å². The minimum atomic E-state index is -3.66. The zero-order valence-corrected chi connectivity index (χ0v) is 11.3. The highest BCUT2D eigenvalue weighted by Gasteiger charge is 2.43. The number of hydrogen-bond acceptors (Lipinski definition) is 5. The maximum atomic E-state index is 11.6. The average molecular weight is 284 g/mol. The lowest BCUT2D eigenvalue weighted by Crippen LogP contribution is -2.45. The van der Waals surface area contributed by atoms with E-state index in [1.807, 2.05) is 30.3 Å². The largest absolute Gasteiger partial charge is 0.351 e. The Hall–Kier alpha value is -1.44. The van der Waals surface area contributed by atoms with Gasteiger partial charge in [-0.3, -0.25) is 4.79 Å². The molecule has 1 saturated heterocycles. The standard InChI is InChI=1S/C12H16N2O4S/c1-19(16,17)14-11(15)7-10(13)12(14)18-8-9-5-3-2-4-6-9/h2-6,10,12H,7-8,13H2,1H3/t10-,12?/m0/s1. The van der Waals surface area contributed by atoms with Crippen LogP contribution in [0.25, 0.3) is 0 Å². The van der Waals surface area contributed by atoms with E-state index in [1.165, 1.54) is 0 Å². The molecule has 104 valence electrons. The molecule has 1 amide bonds. The van der Waals surface area contributed by atoms with Crippen LogP contribution in [0.2, 0.25) is 0 Å². The molecule has 1 heterocycles. The summed E-state index contributed by atoms with van der Waals surface area (Å²) in [5.74, 6) is -0.520. The fraction of sp³-hybridized carbons (Fsp3) is 0.417. The van der Waals surface area contributed by atoms with Gasteiger partial charge in [0.15, 0.2) is 6.23 Å². The third-order valence-corrected chi connectivity index (χ3v) is 4.00. The van der Waals surface area contributed by atoms with Gasteiger partial charge in [0.1, 0.15) is 0 Å². The number of hydrogen-bond donors (Lipinski definition) is 1. The molecule has 1 aromatic carbocycles. The Labute approximate surface area is 112 Å². The molecular formula is C12H16N2O4S. The third-order valence-electron chi connectivity index (χ3n) is 2.87. The van der Waals surface area contributed by atoms with Crippen LogP contribution in [-0.4, -0.2) is 37.2 Å². The second-order valence-corrected chi connectivity index (χ2v) is 6.37. The van der Waals surface area contributed by atoms with E-state index < -0.39 is 28.2 Å². The molecule has 0 saturated carbocycles. The Morgan fingerprint density at radius 3 is 2.58 bits per heavy atom. The van der Waals surface area contributed by atoms with E-state index >= 15 is 0 Å². The van der Waals surface area contributed by atoms with Crippen LogP contribution < -0.4 is 5.73 Å². The Bertz CT molecular complexity index is 558. The molecule has 0 bridgehead atoms. The van der Waals surface area contributed by atoms with Gasteiger partial charge in [-0.25, -0.2) is 12.7 Å². The number of carbonyl (C=O) groups excluding carboxylic acids is 1. The molecule has 1 aliphatic heterocycles. The van der Waals surface area contributed by atoms with Crippen molar-refractivity contribution in [1.29, 1.82) is 0 Å². The first-order valence-corrected chi connectivity index (χ1v) is 7.68. The second-order valence-electron chi connectivity index (χ2n) is 4.51. The lowest BCUT2D eigenvalue weighted by atomic mass is 10.2. The van der Waals surface area contributed by atoms with E-state index in [4.69, 9.17) is 10.5 Å². The van der Waals surface area contributed by atoms with E-state index in [-0.39, 0.29) is 13.0 Å². The zero-order chi connectivity index (χ0) is 14.0. The highest BCUT2D eigenvalue weighted by molar-refractivity contribution is 7.88. The number of rotatable bonds is 4. The van der Waals surface area contributed by atoms with Gasteiger partial charge in [0.2, 0.25) is 15.9 Å². The fourth-order valence-electron chi connectivity index (χ4n) is 2.03. The van der Waals surface area contributed by atoms with Crippen LogP contribution in [0.3, 0.4) is 0 Å². The number of nitrogens with two attached hydrogens (primary N) is 1. The SMILES string of the molecule is CS(=O)(=O)N1C(=O)C[C@H](N)C1OCc1ccccc1. The van der Waals surface area contributed by atoms with Gasteiger partial charge < -0.3 is 10.5 Å². The van der Waals surface area contributed by atoms with Crippen LogP contribution in [0.1, 0.15) is 12.0 Å². The lowest BCUT2D eigenvalue weighted by molar-refractivity contribution is -0.128. The molecule has 2 atom stereocenters. The molecule has 0 radical (unpaired) electrons. The molecule has 0 spiro atoms. The van der Waals surface area contributed by atoms with Gasteiger partial charge in [-0.1, -0.05) is 30.3 Å². The van der Waals surface area contributed by atoms with Crippen molar-refractivity contribution in [2.75, 3.05) is 6.26 Å². The first kappa shape index (κ1) is 14.0. The summed E-state index contributed by atoms with van der Waals surface area (Å²) in [6, 6.07) is 8.66. The summed E-state index contributed by atoms with van der Waals surface area (Å²) in [7, 11) is -3.66. The number of carbonyl (C=O) groups is 1. The minimum Gasteiger partial charge on any atom is -0.351 e. The summed E-state index contributed by atoms with van der Waals surface area (Å²) >= 11 is 0. The highest BCUT2D eigenvalue weighted by atomic mass is 32.2. The van der Waals surface area contributed by atoms with Crippen LogP contribution >= 0.6 is 0 Å². The van der Waals surface area contributed by atoms with Crippen molar-refractivity contribution >= 4 is 15.9 Å².